The Morgan fingerprint density at radius 2 is 1.62 bits per heavy atom. The Hall–Kier alpha value is -2.27. The summed E-state index contributed by atoms with van der Waals surface area (Å²) in [6.07, 6.45) is 0.543. The molecule has 0 atom stereocenters. The third kappa shape index (κ3) is 7.94. The van der Waals surface area contributed by atoms with Crippen molar-refractivity contribution in [2.45, 2.75) is 17.1 Å². The molecule has 0 aromatic heterocycles. The average molecular weight is 441 g/mol. The predicted molar refractivity (Wildman–Crippen MR) is 111 cm³/mol. The summed E-state index contributed by atoms with van der Waals surface area (Å²) < 4.78 is 56.0. The highest BCUT2D eigenvalue weighted by Crippen LogP contribution is 2.14. The first kappa shape index (κ1) is 23.0. The molecule has 0 radical (unpaired) electrons. The zero-order valence-corrected chi connectivity index (χ0v) is 17.6. The van der Waals surface area contributed by atoms with E-state index in [4.69, 9.17) is 4.74 Å². The molecular weight excluding hydrogens is 416 g/mol. The van der Waals surface area contributed by atoms with E-state index in [9.17, 15) is 21.6 Å². The minimum atomic E-state index is -3.66. The van der Waals surface area contributed by atoms with Gasteiger partial charge in [0.1, 0.15) is 5.75 Å². The Kier molecular flexibility index (Phi) is 8.32. The van der Waals surface area contributed by atoms with Crippen molar-refractivity contribution in [3.63, 3.8) is 0 Å². The van der Waals surface area contributed by atoms with Gasteiger partial charge in [0.15, 0.2) is 9.84 Å². The number of benzene rings is 2. The van der Waals surface area contributed by atoms with Crippen molar-refractivity contribution < 1.29 is 26.4 Å². The standard InChI is InChI=1S/C19H24N2O6S2/c1-27-13-5-12-20-29(25,26)18-10-8-17(9-11-18)21-19(22)15-28(23,24)14-16-6-3-2-4-7-16/h2-4,6-11,20H,5,12-15H2,1H3,(H,21,22). The van der Waals surface area contributed by atoms with Crippen LogP contribution in [0.2, 0.25) is 0 Å². The number of rotatable bonds is 11. The van der Waals surface area contributed by atoms with Crippen LogP contribution in [-0.4, -0.2) is 48.8 Å². The summed E-state index contributed by atoms with van der Waals surface area (Å²) >= 11 is 0. The Morgan fingerprint density at radius 1 is 0.966 bits per heavy atom. The molecule has 2 aromatic carbocycles. The van der Waals surface area contributed by atoms with Gasteiger partial charge in [-0.3, -0.25) is 4.79 Å². The van der Waals surface area contributed by atoms with Crippen molar-refractivity contribution in [2.75, 3.05) is 31.3 Å². The molecule has 2 aromatic rings. The fourth-order valence-electron chi connectivity index (χ4n) is 2.50. The minimum absolute atomic E-state index is 0.0459. The molecule has 2 rings (SSSR count). The van der Waals surface area contributed by atoms with Crippen LogP contribution >= 0.6 is 0 Å². The summed E-state index contributed by atoms with van der Waals surface area (Å²) in [5.41, 5.74) is 0.913. The first-order valence-corrected chi connectivity index (χ1v) is 12.2. The number of ether oxygens (including phenoxy) is 1. The highest BCUT2D eigenvalue weighted by atomic mass is 32.2. The van der Waals surface area contributed by atoms with Crippen LogP contribution in [0.15, 0.2) is 59.5 Å². The van der Waals surface area contributed by atoms with E-state index in [2.05, 4.69) is 10.0 Å². The predicted octanol–water partition coefficient (Wildman–Crippen LogP) is 1.55. The van der Waals surface area contributed by atoms with Crippen molar-refractivity contribution in [3.8, 4) is 0 Å². The molecule has 158 valence electrons. The molecule has 0 fully saturated rings. The number of sulfone groups is 1. The molecule has 0 heterocycles. The Balaban J connectivity index is 1.92. The molecule has 0 aliphatic heterocycles. The lowest BCUT2D eigenvalue weighted by Gasteiger charge is -2.09. The van der Waals surface area contributed by atoms with Crippen molar-refractivity contribution >= 4 is 31.5 Å². The molecular formula is C19H24N2O6S2. The lowest BCUT2D eigenvalue weighted by atomic mass is 10.2. The van der Waals surface area contributed by atoms with E-state index < -0.39 is 31.5 Å². The fraction of sp³-hybridized carbons (Fsp3) is 0.316. The molecule has 0 saturated heterocycles. The van der Waals surface area contributed by atoms with Crippen molar-refractivity contribution in [3.05, 3.63) is 60.2 Å². The van der Waals surface area contributed by atoms with Crippen molar-refractivity contribution in [1.82, 2.24) is 4.72 Å². The summed E-state index contributed by atoms with van der Waals surface area (Å²) in [6, 6.07) is 14.1. The zero-order chi connectivity index (χ0) is 21.3. The lowest BCUT2D eigenvalue weighted by molar-refractivity contribution is -0.113. The minimum Gasteiger partial charge on any atom is -0.385 e. The van der Waals surface area contributed by atoms with E-state index in [0.29, 0.717) is 24.3 Å². The molecule has 0 aliphatic rings. The maximum Gasteiger partial charge on any atom is 0.240 e. The van der Waals surface area contributed by atoms with E-state index in [1.165, 1.54) is 31.4 Å². The molecule has 0 aliphatic carbocycles. The molecule has 0 unspecified atom stereocenters. The number of methoxy groups -OCH3 is 1. The van der Waals surface area contributed by atoms with Gasteiger partial charge in [0.25, 0.3) is 0 Å². The number of amides is 1. The van der Waals surface area contributed by atoms with Crippen molar-refractivity contribution in [1.29, 1.82) is 0 Å². The highest BCUT2D eigenvalue weighted by Gasteiger charge is 2.18. The number of carbonyl (C=O) groups is 1. The molecule has 1 amide bonds. The quantitative estimate of drug-likeness (QED) is 0.512. The molecule has 29 heavy (non-hydrogen) atoms. The Labute approximate surface area is 171 Å². The van der Waals surface area contributed by atoms with Crippen LogP contribution in [0.5, 0.6) is 0 Å². The number of anilines is 1. The van der Waals surface area contributed by atoms with E-state index in [1.54, 1.807) is 30.3 Å². The Bertz CT molecular complexity index is 1000. The van der Waals surface area contributed by atoms with Crippen LogP contribution in [-0.2, 0) is 35.1 Å². The fourth-order valence-corrected chi connectivity index (χ4v) is 4.85. The van der Waals surface area contributed by atoms with Gasteiger partial charge in [-0.25, -0.2) is 21.6 Å². The summed E-state index contributed by atoms with van der Waals surface area (Å²) in [5.74, 6) is -1.58. The van der Waals surface area contributed by atoms with Gasteiger partial charge in [-0.15, -0.1) is 0 Å². The van der Waals surface area contributed by atoms with E-state index >= 15 is 0 Å². The number of sulfonamides is 1. The van der Waals surface area contributed by atoms with E-state index in [0.717, 1.165) is 0 Å². The van der Waals surface area contributed by atoms with Crippen LogP contribution < -0.4 is 10.0 Å². The average Bonchev–Trinajstić information content (AvgIpc) is 2.65. The van der Waals surface area contributed by atoms with Gasteiger partial charge in [0.05, 0.1) is 10.6 Å². The van der Waals surface area contributed by atoms with Gasteiger partial charge in [-0.1, -0.05) is 30.3 Å². The second kappa shape index (κ2) is 10.5. The monoisotopic (exact) mass is 440 g/mol. The maximum atomic E-state index is 12.2. The normalized spacial score (nSPS) is 11.9. The van der Waals surface area contributed by atoms with Gasteiger partial charge in [0, 0.05) is 25.9 Å². The second-order valence-electron chi connectivity index (χ2n) is 6.33. The SMILES string of the molecule is COCCCNS(=O)(=O)c1ccc(NC(=O)CS(=O)(=O)Cc2ccccc2)cc1. The molecule has 0 spiro atoms. The molecule has 0 bridgehead atoms. The maximum absolute atomic E-state index is 12.2. The second-order valence-corrected chi connectivity index (χ2v) is 10.2. The highest BCUT2D eigenvalue weighted by molar-refractivity contribution is 7.91. The van der Waals surface area contributed by atoms with Crippen LogP contribution in [0.1, 0.15) is 12.0 Å². The number of hydrogen-bond acceptors (Lipinski definition) is 6. The summed E-state index contributed by atoms with van der Waals surface area (Å²) in [4.78, 5) is 12.1. The first-order chi connectivity index (χ1) is 13.7. The lowest BCUT2D eigenvalue weighted by Crippen LogP contribution is -2.26. The summed E-state index contributed by atoms with van der Waals surface area (Å²) in [5, 5.41) is 2.47. The topological polar surface area (TPSA) is 119 Å². The number of hydrogen-bond donors (Lipinski definition) is 2. The molecule has 8 nitrogen and oxygen atoms in total. The van der Waals surface area contributed by atoms with Crippen molar-refractivity contribution in [2.24, 2.45) is 0 Å². The smallest absolute Gasteiger partial charge is 0.240 e. The first-order valence-electron chi connectivity index (χ1n) is 8.85. The summed E-state index contributed by atoms with van der Waals surface area (Å²) in [6.45, 7) is 0.689. The third-order valence-corrected chi connectivity index (χ3v) is 6.80. The van der Waals surface area contributed by atoms with Gasteiger partial charge in [-0.05, 0) is 36.2 Å². The van der Waals surface area contributed by atoms with E-state index in [1.807, 2.05) is 0 Å². The molecule has 0 saturated carbocycles. The van der Waals surface area contributed by atoms with Gasteiger partial charge in [0.2, 0.25) is 15.9 Å². The van der Waals surface area contributed by atoms with Gasteiger partial charge >= 0.3 is 0 Å². The number of nitrogens with one attached hydrogen (secondary N) is 2. The van der Waals surface area contributed by atoms with Crippen LogP contribution in [0.25, 0.3) is 0 Å². The van der Waals surface area contributed by atoms with E-state index in [-0.39, 0.29) is 17.2 Å². The third-order valence-electron chi connectivity index (χ3n) is 3.85. The zero-order valence-electron chi connectivity index (χ0n) is 16.0. The number of carbonyl (C=O) groups excluding carboxylic acids is 1. The van der Waals surface area contributed by atoms with Crippen LogP contribution in [0.3, 0.4) is 0 Å². The van der Waals surface area contributed by atoms with Crippen LogP contribution in [0.4, 0.5) is 5.69 Å². The summed E-state index contributed by atoms with van der Waals surface area (Å²) in [7, 11) is -5.76. The van der Waals surface area contributed by atoms with Crippen LogP contribution in [0, 0.1) is 0 Å². The van der Waals surface area contributed by atoms with Gasteiger partial charge < -0.3 is 10.1 Å². The Morgan fingerprint density at radius 3 is 2.24 bits per heavy atom. The molecule has 10 heteroatoms. The largest absolute Gasteiger partial charge is 0.385 e. The molecule has 2 N–H and O–H groups in total. The van der Waals surface area contributed by atoms with Gasteiger partial charge in [-0.2, -0.15) is 0 Å².